The molecule has 0 heterocycles. The van der Waals surface area contributed by atoms with Crippen molar-refractivity contribution < 1.29 is 8.42 Å². The predicted octanol–water partition coefficient (Wildman–Crippen LogP) is 4.01. The molecule has 0 aromatic heterocycles. The third-order valence-electron chi connectivity index (χ3n) is 3.89. The minimum absolute atomic E-state index is 0.0591. The Balaban J connectivity index is 2.81. The predicted molar refractivity (Wildman–Crippen MR) is 89.9 cm³/mol. The van der Waals surface area contributed by atoms with E-state index in [4.69, 9.17) is 11.6 Å². The van der Waals surface area contributed by atoms with Crippen LogP contribution in [0.25, 0.3) is 0 Å². The van der Waals surface area contributed by atoms with Crippen LogP contribution in [0.5, 0.6) is 0 Å². The Bertz CT molecular complexity index is 510. The molecule has 0 unspecified atom stereocenters. The van der Waals surface area contributed by atoms with Gasteiger partial charge < -0.3 is 0 Å². The molecule has 0 aliphatic rings. The standard InChI is InChI=1S/C16H26ClNO2S/c1-4-14(5-2)12-18(6-3)21(19,20)13-16-9-7-15(11-17)8-10-16/h7-10,14H,4-6,11-13H2,1-3H3. The summed E-state index contributed by atoms with van der Waals surface area (Å²) in [6.07, 6.45) is 2.01. The zero-order chi connectivity index (χ0) is 15.9. The van der Waals surface area contributed by atoms with Gasteiger partial charge in [-0.05, 0) is 17.0 Å². The zero-order valence-electron chi connectivity index (χ0n) is 13.2. The lowest BCUT2D eigenvalue weighted by atomic mass is 10.0. The third kappa shape index (κ3) is 5.61. The monoisotopic (exact) mass is 331 g/mol. The van der Waals surface area contributed by atoms with Gasteiger partial charge >= 0.3 is 0 Å². The molecule has 0 saturated heterocycles. The van der Waals surface area contributed by atoms with Crippen LogP contribution < -0.4 is 0 Å². The molecule has 1 aromatic carbocycles. The highest BCUT2D eigenvalue weighted by molar-refractivity contribution is 7.88. The highest BCUT2D eigenvalue weighted by atomic mass is 35.5. The van der Waals surface area contributed by atoms with E-state index >= 15 is 0 Å². The molecule has 0 spiro atoms. The summed E-state index contributed by atoms with van der Waals surface area (Å²) in [7, 11) is -3.26. The molecule has 120 valence electrons. The minimum atomic E-state index is -3.26. The zero-order valence-corrected chi connectivity index (χ0v) is 14.8. The van der Waals surface area contributed by atoms with Gasteiger partial charge in [-0.25, -0.2) is 12.7 Å². The normalized spacial score (nSPS) is 12.3. The summed E-state index contributed by atoms with van der Waals surface area (Å²) in [5.41, 5.74) is 1.81. The Kier molecular flexibility index (Phi) is 7.71. The first-order chi connectivity index (χ1) is 9.96. The van der Waals surface area contributed by atoms with Crippen LogP contribution in [0.3, 0.4) is 0 Å². The van der Waals surface area contributed by atoms with E-state index in [0.717, 1.165) is 24.0 Å². The van der Waals surface area contributed by atoms with Crippen molar-refractivity contribution in [2.45, 2.75) is 45.2 Å². The van der Waals surface area contributed by atoms with Crippen molar-refractivity contribution in [1.29, 1.82) is 0 Å². The van der Waals surface area contributed by atoms with Crippen LogP contribution in [0.1, 0.15) is 44.7 Å². The number of hydrogen-bond acceptors (Lipinski definition) is 2. The van der Waals surface area contributed by atoms with Gasteiger partial charge in [0.2, 0.25) is 10.0 Å². The number of benzene rings is 1. The summed E-state index contributed by atoms with van der Waals surface area (Å²) in [5, 5.41) is 0. The van der Waals surface area contributed by atoms with Crippen molar-refractivity contribution >= 4 is 21.6 Å². The summed E-state index contributed by atoms with van der Waals surface area (Å²) in [4.78, 5) is 0. The maximum atomic E-state index is 12.6. The van der Waals surface area contributed by atoms with E-state index in [1.54, 1.807) is 4.31 Å². The first-order valence-electron chi connectivity index (χ1n) is 7.58. The van der Waals surface area contributed by atoms with Crippen LogP contribution in [-0.4, -0.2) is 25.8 Å². The molecule has 5 heteroatoms. The molecule has 1 aromatic rings. The van der Waals surface area contributed by atoms with Crippen LogP contribution in [0.15, 0.2) is 24.3 Å². The smallest absolute Gasteiger partial charge is 0.212 e. The molecule has 0 amide bonds. The fourth-order valence-corrected chi connectivity index (χ4v) is 4.11. The average Bonchev–Trinajstić information content (AvgIpc) is 2.48. The Morgan fingerprint density at radius 1 is 1.05 bits per heavy atom. The molecule has 0 atom stereocenters. The van der Waals surface area contributed by atoms with Gasteiger partial charge in [-0.2, -0.15) is 0 Å². The van der Waals surface area contributed by atoms with Crippen molar-refractivity contribution in [3.63, 3.8) is 0 Å². The molecule has 0 saturated carbocycles. The Hall–Kier alpha value is -0.580. The van der Waals surface area contributed by atoms with E-state index in [-0.39, 0.29) is 5.75 Å². The van der Waals surface area contributed by atoms with Crippen molar-refractivity contribution in [3.05, 3.63) is 35.4 Å². The highest BCUT2D eigenvalue weighted by Gasteiger charge is 2.23. The minimum Gasteiger partial charge on any atom is -0.212 e. The van der Waals surface area contributed by atoms with Gasteiger partial charge in [0.15, 0.2) is 0 Å². The van der Waals surface area contributed by atoms with Gasteiger partial charge in [-0.15, -0.1) is 11.6 Å². The Morgan fingerprint density at radius 2 is 1.57 bits per heavy atom. The summed E-state index contributed by atoms with van der Waals surface area (Å²) in [5.74, 6) is 0.935. The lowest BCUT2D eigenvalue weighted by molar-refractivity contribution is 0.339. The number of nitrogens with zero attached hydrogens (tertiary/aromatic N) is 1. The molecule has 3 nitrogen and oxygen atoms in total. The molecule has 1 rings (SSSR count). The first-order valence-corrected chi connectivity index (χ1v) is 9.72. The lowest BCUT2D eigenvalue weighted by Crippen LogP contribution is -2.35. The molecular formula is C16H26ClNO2S. The number of alkyl halides is 1. The van der Waals surface area contributed by atoms with E-state index in [0.29, 0.717) is 24.9 Å². The second-order valence-corrected chi connectivity index (χ2v) is 7.58. The van der Waals surface area contributed by atoms with Gasteiger partial charge in [-0.3, -0.25) is 0 Å². The number of sulfonamides is 1. The fourth-order valence-electron chi connectivity index (χ4n) is 2.30. The van der Waals surface area contributed by atoms with Crippen LogP contribution in [-0.2, 0) is 21.7 Å². The van der Waals surface area contributed by atoms with E-state index in [1.165, 1.54) is 0 Å². The molecule has 0 bridgehead atoms. The van der Waals surface area contributed by atoms with E-state index < -0.39 is 10.0 Å². The van der Waals surface area contributed by atoms with E-state index in [1.807, 2.05) is 31.2 Å². The maximum absolute atomic E-state index is 12.6. The molecule has 0 fully saturated rings. The van der Waals surface area contributed by atoms with Crippen molar-refractivity contribution in [3.8, 4) is 0 Å². The van der Waals surface area contributed by atoms with Crippen molar-refractivity contribution in [2.75, 3.05) is 13.1 Å². The van der Waals surface area contributed by atoms with Crippen molar-refractivity contribution in [1.82, 2.24) is 4.31 Å². The Morgan fingerprint density at radius 3 is 2.00 bits per heavy atom. The van der Waals surface area contributed by atoms with Gasteiger partial charge in [-0.1, -0.05) is 57.9 Å². The fraction of sp³-hybridized carbons (Fsp3) is 0.625. The molecular weight excluding hydrogens is 306 g/mol. The number of hydrogen-bond donors (Lipinski definition) is 0. The van der Waals surface area contributed by atoms with E-state index in [9.17, 15) is 8.42 Å². The van der Waals surface area contributed by atoms with Crippen LogP contribution >= 0.6 is 11.6 Å². The van der Waals surface area contributed by atoms with Crippen LogP contribution in [0, 0.1) is 5.92 Å². The lowest BCUT2D eigenvalue weighted by Gasteiger charge is -2.24. The largest absolute Gasteiger partial charge is 0.218 e. The quantitative estimate of drug-likeness (QED) is 0.641. The second kappa shape index (κ2) is 8.76. The topological polar surface area (TPSA) is 37.4 Å². The van der Waals surface area contributed by atoms with Crippen LogP contribution in [0.4, 0.5) is 0 Å². The first kappa shape index (κ1) is 18.5. The van der Waals surface area contributed by atoms with Gasteiger partial charge in [0.1, 0.15) is 0 Å². The average molecular weight is 332 g/mol. The summed E-state index contributed by atoms with van der Waals surface area (Å²) in [6.45, 7) is 7.26. The number of rotatable bonds is 9. The summed E-state index contributed by atoms with van der Waals surface area (Å²) >= 11 is 5.75. The highest BCUT2D eigenvalue weighted by Crippen LogP contribution is 2.17. The summed E-state index contributed by atoms with van der Waals surface area (Å²) in [6, 6.07) is 7.46. The van der Waals surface area contributed by atoms with E-state index in [2.05, 4.69) is 13.8 Å². The third-order valence-corrected chi connectivity index (χ3v) is 6.09. The van der Waals surface area contributed by atoms with Gasteiger partial charge in [0.05, 0.1) is 5.75 Å². The second-order valence-electron chi connectivity index (χ2n) is 5.34. The maximum Gasteiger partial charge on any atom is 0.218 e. The van der Waals surface area contributed by atoms with Crippen molar-refractivity contribution in [2.24, 2.45) is 5.92 Å². The Labute approximate surface area is 134 Å². The number of halogens is 1. The molecule has 0 radical (unpaired) electrons. The van der Waals surface area contributed by atoms with Crippen LogP contribution in [0.2, 0.25) is 0 Å². The van der Waals surface area contributed by atoms with Gasteiger partial charge in [0.25, 0.3) is 0 Å². The SMILES string of the molecule is CCC(CC)CN(CC)S(=O)(=O)Cc1ccc(CCl)cc1. The summed E-state index contributed by atoms with van der Waals surface area (Å²) < 4.78 is 26.7. The molecule has 0 aliphatic carbocycles. The molecule has 0 aliphatic heterocycles. The van der Waals surface area contributed by atoms with Gasteiger partial charge in [0, 0.05) is 19.0 Å². The molecule has 21 heavy (non-hydrogen) atoms. The molecule has 0 N–H and O–H groups in total.